The standard InChI is InChI=1S/C19H31N3OS/c1-2-24(23)19-6-4-3-5-18(19)21-17-9-13-22(14-10-17)15-16-7-11-20-12-8-16/h7-8,11-12,17-19,21H,2-6,9-10,13-15H2,1H3/t18-,19+,24+/m0/s1. The van der Waals surface area contributed by atoms with Gasteiger partial charge in [0.25, 0.3) is 0 Å². The van der Waals surface area contributed by atoms with E-state index < -0.39 is 10.8 Å². The van der Waals surface area contributed by atoms with E-state index in [1.807, 2.05) is 12.4 Å². The van der Waals surface area contributed by atoms with E-state index in [4.69, 9.17) is 0 Å². The lowest BCUT2D eigenvalue weighted by Gasteiger charge is -2.38. The van der Waals surface area contributed by atoms with E-state index in [1.54, 1.807) is 0 Å². The summed E-state index contributed by atoms with van der Waals surface area (Å²) in [6.45, 7) is 5.38. The number of hydrogen-bond donors (Lipinski definition) is 1. The normalized spacial score (nSPS) is 27.9. The third-order valence-corrected chi connectivity index (χ3v) is 7.33. The Morgan fingerprint density at radius 2 is 1.88 bits per heavy atom. The highest BCUT2D eigenvalue weighted by Crippen LogP contribution is 2.25. The van der Waals surface area contributed by atoms with Crippen molar-refractivity contribution < 1.29 is 4.21 Å². The number of likely N-dealkylation sites (tertiary alicyclic amines) is 1. The Morgan fingerprint density at radius 1 is 1.17 bits per heavy atom. The molecule has 0 aromatic carbocycles. The van der Waals surface area contributed by atoms with E-state index in [2.05, 4.69) is 34.3 Å². The quantitative estimate of drug-likeness (QED) is 0.858. The Kier molecular flexibility index (Phi) is 6.81. The Balaban J connectivity index is 1.47. The molecule has 2 aliphatic rings. The van der Waals surface area contributed by atoms with Crippen molar-refractivity contribution in [3.63, 3.8) is 0 Å². The van der Waals surface area contributed by atoms with Gasteiger partial charge in [0.2, 0.25) is 0 Å². The van der Waals surface area contributed by atoms with Crippen LogP contribution in [0.15, 0.2) is 24.5 Å². The molecule has 1 aliphatic heterocycles. The summed E-state index contributed by atoms with van der Waals surface area (Å²) in [4.78, 5) is 6.63. The molecular weight excluding hydrogens is 318 g/mol. The first-order chi connectivity index (χ1) is 11.8. The molecule has 0 spiro atoms. The zero-order valence-corrected chi connectivity index (χ0v) is 15.6. The van der Waals surface area contributed by atoms with Gasteiger partial charge in [-0.3, -0.25) is 14.1 Å². The van der Waals surface area contributed by atoms with Crippen LogP contribution in [0.25, 0.3) is 0 Å². The minimum absolute atomic E-state index is 0.374. The molecule has 0 unspecified atom stereocenters. The van der Waals surface area contributed by atoms with Crippen LogP contribution < -0.4 is 5.32 Å². The number of aromatic nitrogens is 1. The first kappa shape index (κ1) is 18.0. The third-order valence-electron chi connectivity index (χ3n) is 5.52. The van der Waals surface area contributed by atoms with Gasteiger partial charge in [0.15, 0.2) is 0 Å². The van der Waals surface area contributed by atoms with Gasteiger partial charge in [0.1, 0.15) is 0 Å². The Labute approximate surface area is 148 Å². The van der Waals surface area contributed by atoms with Gasteiger partial charge in [-0.15, -0.1) is 0 Å². The lowest BCUT2D eigenvalue weighted by molar-refractivity contribution is 0.178. The average molecular weight is 350 g/mol. The zero-order valence-electron chi connectivity index (χ0n) is 14.8. The van der Waals surface area contributed by atoms with Gasteiger partial charge in [0.05, 0.1) is 5.25 Å². The highest BCUT2D eigenvalue weighted by Gasteiger charge is 2.31. The fraction of sp³-hybridized carbons (Fsp3) is 0.737. The molecular formula is C19H31N3OS. The first-order valence-corrected chi connectivity index (χ1v) is 10.9. The van der Waals surface area contributed by atoms with Crippen molar-refractivity contribution in [1.29, 1.82) is 0 Å². The van der Waals surface area contributed by atoms with Gasteiger partial charge >= 0.3 is 0 Å². The topological polar surface area (TPSA) is 45.2 Å². The van der Waals surface area contributed by atoms with E-state index in [9.17, 15) is 4.21 Å². The maximum Gasteiger partial charge on any atom is 0.0501 e. The molecule has 0 radical (unpaired) electrons. The van der Waals surface area contributed by atoms with Crippen LogP contribution in [0.3, 0.4) is 0 Å². The van der Waals surface area contributed by atoms with Gasteiger partial charge in [0, 0.05) is 47.6 Å². The second-order valence-corrected chi connectivity index (χ2v) is 9.12. The molecule has 1 aromatic heterocycles. The summed E-state index contributed by atoms with van der Waals surface area (Å²) < 4.78 is 12.3. The largest absolute Gasteiger partial charge is 0.310 e. The van der Waals surface area contributed by atoms with Crippen LogP contribution >= 0.6 is 0 Å². The van der Waals surface area contributed by atoms with Gasteiger partial charge in [-0.2, -0.15) is 0 Å². The Morgan fingerprint density at radius 3 is 2.58 bits per heavy atom. The van der Waals surface area contributed by atoms with Gasteiger partial charge in [-0.1, -0.05) is 19.8 Å². The van der Waals surface area contributed by atoms with E-state index in [1.165, 1.54) is 37.7 Å². The summed E-state index contributed by atoms with van der Waals surface area (Å²) in [5.74, 6) is 0.799. The van der Waals surface area contributed by atoms with Crippen molar-refractivity contribution in [2.45, 2.75) is 69.3 Å². The fourth-order valence-corrected chi connectivity index (χ4v) is 5.56. The van der Waals surface area contributed by atoms with Crippen LogP contribution in [-0.4, -0.2) is 50.3 Å². The monoisotopic (exact) mass is 349 g/mol. The molecule has 3 atom stereocenters. The molecule has 2 fully saturated rings. The molecule has 4 nitrogen and oxygen atoms in total. The zero-order chi connectivity index (χ0) is 16.8. The van der Waals surface area contributed by atoms with Crippen LogP contribution in [0.4, 0.5) is 0 Å². The smallest absolute Gasteiger partial charge is 0.0501 e. The first-order valence-electron chi connectivity index (χ1n) is 9.50. The molecule has 3 rings (SSSR count). The molecule has 1 aromatic rings. The molecule has 0 bridgehead atoms. The average Bonchev–Trinajstić information content (AvgIpc) is 2.64. The molecule has 2 heterocycles. The summed E-state index contributed by atoms with van der Waals surface area (Å²) >= 11 is 0. The maximum atomic E-state index is 12.3. The summed E-state index contributed by atoms with van der Waals surface area (Å²) in [7, 11) is -0.660. The summed E-state index contributed by atoms with van der Waals surface area (Å²) in [6, 6.07) is 5.28. The van der Waals surface area contributed by atoms with Crippen LogP contribution in [0.1, 0.15) is 51.0 Å². The van der Waals surface area contributed by atoms with Gasteiger partial charge < -0.3 is 5.32 Å². The van der Waals surface area contributed by atoms with Crippen LogP contribution in [0.5, 0.6) is 0 Å². The highest BCUT2D eigenvalue weighted by atomic mass is 32.2. The SMILES string of the molecule is CC[S@@](=O)[C@@H]1CCCC[C@@H]1NC1CCN(Cc2ccncc2)CC1. The van der Waals surface area contributed by atoms with E-state index in [0.29, 0.717) is 17.3 Å². The highest BCUT2D eigenvalue weighted by molar-refractivity contribution is 7.85. The molecule has 5 heteroatoms. The maximum absolute atomic E-state index is 12.3. The lowest BCUT2D eigenvalue weighted by Crippen LogP contribution is -2.52. The second kappa shape index (κ2) is 9.07. The van der Waals surface area contributed by atoms with Crippen LogP contribution in [-0.2, 0) is 17.3 Å². The van der Waals surface area contributed by atoms with Crippen molar-refractivity contribution in [2.24, 2.45) is 0 Å². The predicted octanol–water partition coefficient (Wildman–Crippen LogP) is 2.72. The number of nitrogens with one attached hydrogen (secondary N) is 1. The van der Waals surface area contributed by atoms with Crippen LogP contribution in [0.2, 0.25) is 0 Å². The summed E-state index contributed by atoms with van der Waals surface area (Å²) in [5, 5.41) is 4.25. The molecule has 1 saturated heterocycles. The predicted molar refractivity (Wildman–Crippen MR) is 100 cm³/mol. The minimum atomic E-state index is -0.660. The summed E-state index contributed by atoms with van der Waals surface area (Å²) in [6.07, 6.45) is 11.0. The van der Waals surface area contributed by atoms with E-state index >= 15 is 0 Å². The lowest BCUT2D eigenvalue weighted by atomic mass is 9.93. The van der Waals surface area contributed by atoms with Crippen molar-refractivity contribution in [2.75, 3.05) is 18.8 Å². The van der Waals surface area contributed by atoms with Crippen molar-refractivity contribution in [3.05, 3.63) is 30.1 Å². The molecule has 0 amide bonds. The third kappa shape index (κ3) is 4.87. The number of pyridine rings is 1. The fourth-order valence-electron chi connectivity index (χ4n) is 4.12. The van der Waals surface area contributed by atoms with E-state index in [0.717, 1.165) is 31.8 Å². The molecule has 1 saturated carbocycles. The number of rotatable bonds is 6. The number of piperidine rings is 1. The van der Waals surface area contributed by atoms with Gasteiger partial charge in [-0.05, 0) is 56.5 Å². The Bertz CT molecular complexity index is 517. The second-order valence-electron chi connectivity index (χ2n) is 7.17. The summed E-state index contributed by atoms with van der Waals surface area (Å²) in [5.41, 5.74) is 1.35. The Hall–Kier alpha value is -0.780. The van der Waals surface area contributed by atoms with Crippen molar-refractivity contribution in [1.82, 2.24) is 15.2 Å². The molecule has 1 aliphatic carbocycles. The van der Waals surface area contributed by atoms with E-state index in [-0.39, 0.29) is 0 Å². The molecule has 24 heavy (non-hydrogen) atoms. The molecule has 1 N–H and O–H groups in total. The van der Waals surface area contributed by atoms with Crippen molar-refractivity contribution in [3.8, 4) is 0 Å². The number of nitrogens with zero attached hydrogens (tertiary/aromatic N) is 2. The molecule has 134 valence electrons. The van der Waals surface area contributed by atoms with Crippen molar-refractivity contribution >= 4 is 10.8 Å². The number of hydrogen-bond acceptors (Lipinski definition) is 4. The van der Waals surface area contributed by atoms with Gasteiger partial charge in [-0.25, -0.2) is 0 Å². The minimum Gasteiger partial charge on any atom is -0.310 e. The van der Waals surface area contributed by atoms with Crippen LogP contribution in [0, 0.1) is 0 Å².